The van der Waals surface area contributed by atoms with E-state index in [0.717, 1.165) is 19.5 Å². The third-order valence-electron chi connectivity index (χ3n) is 5.91. The molecule has 1 heterocycles. The molecule has 0 aliphatic carbocycles. The SMILES string of the molecule is COc1cccc(Nc2c([N+](=O)[O-])cnc3cc(OCCCN(C)Cc4ccccc4)c(OC)cc23)c1. The minimum absolute atomic E-state index is 0.146. The van der Waals surface area contributed by atoms with Crippen molar-refractivity contribution in [1.29, 1.82) is 0 Å². The summed E-state index contributed by atoms with van der Waals surface area (Å²) in [5.41, 5.74) is 2.63. The van der Waals surface area contributed by atoms with E-state index in [9.17, 15) is 10.1 Å². The Kier molecular flexibility index (Phi) is 8.37. The number of hydrogen-bond acceptors (Lipinski definition) is 8. The summed E-state index contributed by atoms with van der Waals surface area (Å²) in [4.78, 5) is 17.9. The zero-order chi connectivity index (χ0) is 26.2. The first-order valence-electron chi connectivity index (χ1n) is 11.9. The maximum absolute atomic E-state index is 11.8. The Morgan fingerprint density at radius 3 is 2.54 bits per heavy atom. The van der Waals surface area contributed by atoms with Crippen LogP contribution in [0.5, 0.6) is 17.2 Å². The third kappa shape index (κ3) is 6.45. The number of nitrogens with one attached hydrogen (secondary N) is 1. The van der Waals surface area contributed by atoms with Gasteiger partial charge in [-0.2, -0.15) is 0 Å². The molecule has 0 saturated heterocycles. The number of ether oxygens (including phenoxy) is 3. The van der Waals surface area contributed by atoms with E-state index >= 15 is 0 Å². The molecule has 0 aliphatic heterocycles. The van der Waals surface area contributed by atoms with Crippen molar-refractivity contribution in [2.45, 2.75) is 13.0 Å². The number of nitrogens with zero attached hydrogens (tertiary/aromatic N) is 3. The molecule has 0 aliphatic rings. The predicted octanol–water partition coefficient (Wildman–Crippen LogP) is 5.80. The van der Waals surface area contributed by atoms with E-state index in [0.29, 0.717) is 46.1 Å². The summed E-state index contributed by atoms with van der Waals surface area (Å²) in [6, 6.07) is 21.0. The number of hydrogen-bond donors (Lipinski definition) is 1. The highest BCUT2D eigenvalue weighted by Gasteiger charge is 2.21. The number of rotatable bonds is 12. The zero-order valence-corrected chi connectivity index (χ0v) is 21.1. The molecule has 9 heteroatoms. The molecular weight excluding hydrogens is 472 g/mol. The van der Waals surface area contributed by atoms with E-state index in [1.54, 1.807) is 44.6 Å². The Hall–Kier alpha value is -4.37. The van der Waals surface area contributed by atoms with E-state index in [1.165, 1.54) is 11.8 Å². The first-order chi connectivity index (χ1) is 18.0. The maximum Gasteiger partial charge on any atom is 0.311 e. The lowest BCUT2D eigenvalue weighted by molar-refractivity contribution is -0.384. The van der Waals surface area contributed by atoms with Crippen LogP contribution in [0.3, 0.4) is 0 Å². The number of methoxy groups -OCH3 is 2. The van der Waals surface area contributed by atoms with Crippen LogP contribution in [0.1, 0.15) is 12.0 Å². The molecule has 0 atom stereocenters. The number of anilines is 2. The summed E-state index contributed by atoms with van der Waals surface area (Å²) in [5.74, 6) is 1.64. The first kappa shape index (κ1) is 25.7. The van der Waals surface area contributed by atoms with Crippen molar-refractivity contribution in [1.82, 2.24) is 9.88 Å². The van der Waals surface area contributed by atoms with Gasteiger partial charge < -0.3 is 24.4 Å². The van der Waals surface area contributed by atoms with Crippen LogP contribution in [0.25, 0.3) is 10.9 Å². The van der Waals surface area contributed by atoms with Gasteiger partial charge in [0.25, 0.3) is 0 Å². The summed E-state index contributed by atoms with van der Waals surface area (Å²) in [6.07, 6.45) is 2.07. The van der Waals surface area contributed by atoms with Crippen molar-refractivity contribution in [3.8, 4) is 17.2 Å². The topological polar surface area (TPSA) is 99.0 Å². The molecule has 3 aromatic carbocycles. The molecule has 0 spiro atoms. The molecule has 1 N–H and O–H groups in total. The molecule has 0 saturated carbocycles. The Morgan fingerprint density at radius 1 is 1.00 bits per heavy atom. The van der Waals surface area contributed by atoms with Crippen molar-refractivity contribution in [3.63, 3.8) is 0 Å². The number of aromatic nitrogens is 1. The van der Waals surface area contributed by atoms with Crippen molar-refractivity contribution in [2.75, 3.05) is 39.7 Å². The Morgan fingerprint density at radius 2 is 1.81 bits per heavy atom. The molecule has 0 unspecified atom stereocenters. The Bertz CT molecular complexity index is 1360. The second kappa shape index (κ2) is 12.0. The number of fused-ring (bicyclic) bond motifs is 1. The van der Waals surface area contributed by atoms with Crippen LogP contribution in [0.15, 0.2) is 72.9 Å². The van der Waals surface area contributed by atoms with Crippen LogP contribution in [0.2, 0.25) is 0 Å². The van der Waals surface area contributed by atoms with Crippen molar-refractivity contribution in [3.05, 3.63) is 88.6 Å². The third-order valence-corrected chi connectivity index (χ3v) is 5.91. The Labute approximate surface area is 215 Å². The van der Waals surface area contributed by atoms with E-state index in [1.807, 2.05) is 24.3 Å². The van der Waals surface area contributed by atoms with Gasteiger partial charge in [0.05, 0.1) is 31.3 Å². The highest BCUT2D eigenvalue weighted by Crippen LogP contribution is 2.40. The molecule has 1 aromatic heterocycles. The molecule has 0 fully saturated rings. The molecule has 4 aromatic rings. The van der Waals surface area contributed by atoms with Gasteiger partial charge in [0.2, 0.25) is 0 Å². The molecule has 4 rings (SSSR count). The summed E-state index contributed by atoms with van der Waals surface area (Å²) in [6.45, 7) is 2.22. The zero-order valence-electron chi connectivity index (χ0n) is 21.1. The fourth-order valence-corrected chi connectivity index (χ4v) is 4.07. The number of pyridine rings is 1. The van der Waals surface area contributed by atoms with Gasteiger partial charge >= 0.3 is 5.69 Å². The van der Waals surface area contributed by atoms with Crippen molar-refractivity contribution >= 4 is 28.0 Å². The van der Waals surface area contributed by atoms with Gasteiger partial charge in [0, 0.05) is 36.3 Å². The van der Waals surface area contributed by atoms with E-state index in [2.05, 4.69) is 34.4 Å². The van der Waals surface area contributed by atoms with Crippen molar-refractivity contribution in [2.24, 2.45) is 0 Å². The standard InChI is InChI=1S/C28H30N4O5/c1-31(19-20-9-5-4-6-10-20)13-8-14-37-27-17-24-23(16-26(27)36-3)28(25(18-29-24)32(33)34)30-21-11-7-12-22(15-21)35-2/h4-7,9-12,15-18H,8,13-14,19H2,1-3H3,(H,29,30). The fraction of sp³-hybridized carbons (Fsp3) is 0.250. The van der Waals surface area contributed by atoms with Gasteiger partial charge in [0.15, 0.2) is 11.5 Å². The van der Waals surface area contributed by atoms with Gasteiger partial charge in [-0.1, -0.05) is 36.4 Å². The van der Waals surface area contributed by atoms with Crippen LogP contribution >= 0.6 is 0 Å². The smallest absolute Gasteiger partial charge is 0.311 e. The second-order valence-corrected chi connectivity index (χ2v) is 8.58. The molecule has 0 amide bonds. The molecule has 0 bridgehead atoms. The van der Waals surface area contributed by atoms with Gasteiger partial charge in [-0.25, -0.2) is 4.98 Å². The maximum atomic E-state index is 11.8. The summed E-state index contributed by atoms with van der Waals surface area (Å²) in [7, 11) is 5.19. The molecule has 0 radical (unpaired) electrons. The number of nitro groups is 1. The summed E-state index contributed by atoms with van der Waals surface area (Å²) < 4.78 is 16.9. The molecule has 37 heavy (non-hydrogen) atoms. The van der Waals surface area contributed by atoms with E-state index in [4.69, 9.17) is 14.2 Å². The minimum atomic E-state index is -0.461. The van der Waals surface area contributed by atoms with Gasteiger partial charge in [0.1, 0.15) is 17.6 Å². The average Bonchev–Trinajstić information content (AvgIpc) is 2.91. The van der Waals surface area contributed by atoms with Crippen LogP contribution in [0, 0.1) is 10.1 Å². The lowest BCUT2D eigenvalue weighted by atomic mass is 10.1. The normalized spacial score (nSPS) is 10.9. The summed E-state index contributed by atoms with van der Waals surface area (Å²) >= 11 is 0. The van der Waals surface area contributed by atoms with Crippen LogP contribution in [0.4, 0.5) is 17.1 Å². The highest BCUT2D eigenvalue weighted by molar-refractivity contribution is 5.99. The average molecular weight is 503 g/mol. The van der Waals surface area contributed by atoms with Gasteiger partial charge in [-0.05, 0) is 37.2 Å². The monoisotopic (exact) mass is 502 g/mol. The Balaban J connectivity index is 1.52. The first-order valence-corrected chi connectivity index (χ1v) is 11.9. The fourth-order valence-electron chi connectivity index (χ4n) is 4.07. The van der Waals surface area contributed by atoms with Crippen LogP contribution in [-0.4, -0.2) is 49.2 Å². The lowest BCUT2D eigenvalue weighted by Gasteiger charge is -2.18. The molecular formula is C28H30N4O5. The van der Waals surface area contributed by atoms with Crippen LogP contribution < -0.4 is 19.5 Å². The van der Waals surface area contributed by atoms with Gasteiger partial charge in [-0.15, -0.1) is 0 Å². The number of benzene rings is 3. The van der Waals surface area contributed by atoms with Crippen molar-refractivity contribution < 1.29 is 19.1 Å². The van der Waals surface area contributed by atoms with E-state index in [-0.39, 0.29) is 5.69 Å². The molecule has 9 nitrogen and oxygen atoms in total. The largest absolute Gasteiger partial charge is 0.497 e. The summed E-state index contributed by atoms with van der Waals surface area (Å²) in [5, 5.41) is 15.5. The highest BCUT2D eigenvalue weighted by atomic mass is 16.6. The van der Waals surface area contributed by atoms with Crippen LogP contribution in [-0.2, 0) is 6.54 Å². The second-order valence-electron chi connectivity index (χ2n) is 8.58. The quantitative estimate of drug-likeness (QED) is 0.147. The van der Waals surface area contributed by atoms with Gasteiger partial charge in [-0.3, -0.25) is 10.1 Å². The minimum Gasteiger partial charge on any atom is -0.497 e. The predicted molar refractivity (Wildman–Crippen MR) is 144 cm³/mol. The lowest BCUT2D eigenvalue weighted by Crippen LogP contribution is -2.20. The molecule has 192 valence electrons. The van der Waals surface area contributed by atoms with E-state index < -0.39 is 4.92 Å².